The third-order valence-electron chi connectivity index (χ3n) is 3.80. The molecule has 118 valence electrons. The Labute approximate surface area is 131 Å². The van der Waals surface area contributed by atoms with Crippen molar-refractivity contribution in [1.82, 2.24) is 5.32 Å². The van der Waals surface area contributed by atoms with Crippen LogP contribution in [0, 0.1) is 17.8 Å². The van der Waals surface area contributed by atoms with Crippen LogP contribution in [-0.4, -0.2) is 40.6 Å². The fourth-order valence-electron chi connectivity index (χ4n) is 2.61. The SMILES string of the molecule is N[C@H](C(=O)O)[C@H]1[C@@H](CNC(=O)c2cccc(Cl)c2)[C@@H]1C(=O)O. The van der Waals surface area contributed by atoms with Crippen LogP contribution in [0.2, 0.25) is 5.02 Å². The van der Waals surface area contributed by atoms with E-state index in [1.807, 2.05) is 0 Å². The number of hydrogen-bond acceptors (Lipinski definition) is 4. The highest BCUT2D eigenvalue weighted by Crippen LogP contribution is 2.47. The van der Waals surface area contributed by atoms with Crippen LogP contribution in [-0.2, 0) is 9.59 Å². The Morgan fingerprint density at radius 1 is 1.32 bits per heavy atom. The molecule has 1 aliphatic rings. The molecule has 1 amide bonds. The van der Waals surface area contributed by atoms with Gasteiger partial charge < -0.3 is 21.3 Å². The van der Waals surface area contributed by atoms with Crippen LogP contribution in [0.15, 0.2) is 24.3 Å². The van der Waals surface area contributed by atoms with E-state index in [-0.39, 0.29) is 6.54 Å². The minimum Gasteiger partial charge on any atom is -0.481 e. The third kappa shape index (κ3) is 3.37. The molecule has 1 aliphatic carbocycles. The molecule has 5 N–H and O–H groups in total. The largest absolute Gasteiger partial charge is 0.481 e. The number of aliphatic carboxylic acids is 2. The molecule has 0 aliphatic heterocycles. The summed E-state index contributed by atoms with van der Waals surface area (Å²) in [6.45, 7) is 0.0496. The van der Waals surface area contributed by atoms with E-state index in [0.717, 1.165) is 0 Å². The number of carboxylic acid groups (broad SMARTS) is 2. The average Bonchev–Trinajstić information content (AvgIpc) is 3.18. The molecule has 0 spiro atoms. The Morgan fingerprint density at radius 2 is 2.00 bits per heavy atom. The highest BCUT2D eigenvalue weighted by molar-refractivity contribution is 6.30. The minimum atomic E-state index is -1.26. The molecule has 22 heavy (non-hydrogen) atoms. The topological polar surface area (TPSA) is 130 Å². The summed E-state index contributed by atoms with van der Waals surface area (Å²) in [6, 6.07) is 5.05. The van der Waals surface area contributed by atoms with Crippen LogP contribution < -0.4 is 11.1 Å². The molecule has 0 aromatic heterocycles. The molecule has 2 rings (SSSR count). The van der Waals surface area contributed by atoms with Gasteiger partial charge in [-0.05, 0) is 24.1 Å². The van der Waals surface area contributed by atoms with Crippen molar-refractivity contribution in [2.75, 3.05) is 6.54 Å². The van der Waals surface area contributed by atoms with E-state index in [0.29, 0.717) is 10.6 Å². The number of amides is 1. The summed E-state index contributed by atoms with van der Waals surface area (Å²) in [5.41, 5.74) is 5.83. The minimum absolute atomic E-state index is 0.0496. The van der Waals surface area contributed by atoms with Crippen molar-refractivity contribution in [3.8, 4) is 0 Å². The second-order valence-corrected chi connectivity index (χ2v) is 5.63. The summed E-state index contributed by atoms with van der Waals surface area (Å²) in [5, 5.41) is 20.9. The standard InChI is InChI=1S/C14H15ClN2O5/c15-7-3-1-2-6(4-7)12(18)17-5-8-9(10(8)13(19)20)11(16)14(21)22/h1-4,8-11H,5,16H2,(H,17,18)(H,19,20)(H,21,22)/t8-,9+,10+,11+/m1/s1. The van der Waals surface area contributed by atoms with Crippen LogP contribution in [0.4, 0.5) is 0 Å². The third-order valence-corrected chi connectivity index (χ3v) is 4.03. The zero-order valence-electron chi connectivity index (χ0n) is 11.4. The first-order chi connectivity index (χ1) is 10.3. The van der Waals surface area contributed by atoms with Crippen molar-refractivity contribution < 1.29 is 24.6 Å². The van der Waals surface area contributed by atoms with E-state index >= 15 is 0 Å². The maximum atomic E-state index is 12.0. The predicted octanol–water partition coefficient (Wildman–Crippen LogP) is 0.429. The van der Waals surface area contributed by atoms with Crippen molar-refractivity contribution in [1.29, 1.82) is 0 Å². The molecule has 4 atom stereocenters. The Hall–Kier alpha value is -2.12. The van der Waals surface area contributed by atoms with Crippen molar-refractivity contribution >= 4 is 29.4 Å². The van der Waals surface area contributed by atoms with Crippen molar-refractivity contribution in [3.05, 3.63) is 34.9 Å². The molecular formula is C14H15ClN2O5. The van der Waals surface area contributed by atoms with Crippen LogP contribution in [0.1, 0.15) is 10.4 Å². The Balaban J connectivity index is 1.97. The van der Waals surface area contributed by atoms with Crippen LogP contribution in [0.3, 0.4) is 0 Å². The second kappa shape index (κ2) is 6.33. The van der Waals surface area contributed by atoms with E-state index in [9.17, 15) is 14.4 Å². The van der Waals surface area contributed by atoms with Gasteiger partial charge in [-0.25, -0.2) is 0 Å². The first-order valence-corrected chi connectivity index (χ1v) is 6.95. The number of rotatable bonds is 6. The molecule has 0 unspecified atom stereocenters. The summed E-state index contributed by atoms with van der Waals surface area (Å²) in [5.74, 6) is -4.79. The van der Waals surface area contributed by atoms with E-state index in [4.69, 9.17) is 27.5 Å². The lowest BCUT2D eigenvalue weighted by Crippen LogP contribution is -2.35. The van der Waals surface area contributed by atoms with Crippen LogP contribution >= 0.6 is 11.6 Å². The normalized spacial score (nSPS) is 24.4. The molecule has 1 fully saturated rings. The van der Waals surface area contributed by atoms with Gasteiger partial charge in [0.25, 0.3) is 5.91 Å². The lowest BCUT2D eigenvalue weighted by atomic mass is 10.1. The lowest BCUT2D eigenvalue weighted by Gasteiger charge is -2.07. The molecule has 1 aromatic rings. The second-order valence-electron chi connectivity index (χ2n) is 5.19. The quantitative estimate of drug-likeness (QED) is 0.599. The molecular weight excluding hydrogens is 312 g/mol. The number of benzene rings is 1. The first-order valence-electron chi connectivity index (χ1n) is 6.58. The molecule has 0 heterocycles. The number of carboxylic acids is 2. The lowest BCUT2D eigenvalue weighted by molar-refractivity contribution is -0.140. The molecule has 1 aromatic carbocycles. The van der Waals surface area contributed by atoms with Gasteiger partial charge in [0.1, 0.15) is 6.04 Å². The number of carbonyl (C=O) groups is 3. The van der Waals surface area contributed by atoms with Crippen molar-refractivity contribution in [2.45, 2.75) is 6.04 Å². The van der Waals surface area contributed by atoms with E-state index in [1.165, 1.54) is 6.07 Å². The van der Waals surface area contributed by atoms with Gasteiger partial charge in [0.15, 0.2) is 0 Å². The summed E-state index contributed by atoms with van der Waals surface area (Å²) >= 11 is 5.79. The molecule has 0 radical (unpaired) electrons. The number of halogens is 1. The summed E-state index contributed by atoms with van der Waals surface area (Å²) < 4.78 is 0. The van der Waals surface area contributed by atoms with Crippen LogP contribution in [0.25, 0.3) is 0 Å². The van der Waals surface area contributed by atoms with Crippen molar-refractivity contribution in [3.63, 3.8) is 0 Å². The average molecular weight is 327 g/mol. The van der Waals surface area contributed by atoms with Gasteiger partial charge in [0.05, 0.1) is 5.92 Å². The van der Waals surface area contributed by atoms with Gasteiger partial charge in [-0.2, -0.15) is 0 Å². The predicted molar refractivity (Wildman–Crippen MR) is 77.5 cm³/mol. The van der Waals surface area contributed by atoms with Gasteiger partial charge in [-0.1, -0.05) is 17.7 Å². The Kier molecular flexibility index (Phi) is 4.68. The van der Waals surface area contributed by atoms with E-state index in [1.54, 1.807) is 18.2 Å². The smallest absolute Gasteiger partial charge is 0.320 e. The highest BCUT2D eigenvalue weighted by Gasteiger charge is 2.59. The van der Waals surface area contributed by atoms with Crippen molar-refractivity contribution in [2.24, 2.45) is 23.5 Å². The fraction of sp³-hybridized carbons (Fsp3) is 0.357. The number of nitrogens with two attached hydrogens (primary N) is 1. The molecule has 1 saturated carbocycles. The monoisotopic (exact) mass is 326 g/mol. The first kappa shape index (κ1) is 16.3. The van der Waals surface area contributed by atoms with Gasteiger partial charge in [-0.15, -0.1) is 0 Å². The Morgan fingerprint density at radius 3 is 2.55 bits per heavy atom. The summed E-state index contributed by atoms with van der Waals surface area (Å²) in [7, 11) is 0. The number of nitrogens with one attached hydrogen (secondary N) is 1. The Bertz CT molecular complexity index is 621. The molecule has 0 bridgehead atoms. The molecule has 8 heteroatoms. The zero-order chi connectivity index (χ0) is 16.4. The maximum Gasteiger partial charge on any atom is 0.320 e. The van der Waals surface area contributed by atoms with E-state index < -0.39 is 41.6 Å². The maximum absolute atomic E-state index is 12.0. The number of carbonyl (C=O) groups excluding carboxylic acids is 1. The molecule has 7 nitrogen and oxygen atoms in total. The van der Waals surface area contributed by atoms with E-state index in [2.05, 4.69) is 5.32 Å². The zero-order valence-corrected chi connectivity index (χ0v) is 12.2. The summed E-state index contributed by atoms with van der Waals surface area (Å²) in [6.07, 6.45) is 0. The summed E-state index contributed by atoms with van der Waals surface area (Å²) in [4.78, 5) is 33.9. The fourth-order valence-corrected chi connectivity index (χ4v) is 2.80. The van der Waals surface area contributed by atoms with Gasteiger partial charge in [-0.3, -0.25) is 14.4 Å². The highest BCUT2D eigenvalue weighted by atomic mass is 35.5. The van der Waals surface area contributed by atoms with Crippen LogP contribution in [0.5, 0.6) is 0 Å². The van der Waals surface area contributed by atoms with Gasteiger partial charge in [0, 0.05) is 23.0 Å². The van der Waals surface area contributed by atoms with Gasteiger partial charge in [0.2, 0.25) is 0 Å². The van der Waals surface area contributed by atoms with Gasteiger partial charge >= 0.3 is 11.9 Å². The number of hydrogen-bond donors (Lipinski definition) is 4. The molecule has 0 saturated heterocycles.